The SMILES string of the molecule is O=C(C=Cc1ccccc1)NCc1cc(C2CC2)n(C2CCCC2)n1. The second-order valence-corrected chi connectivity index (χ2v) is 7.18. The lowest BCUT2D eigenvalue weighted by Crippen LogP contribution is -2.20. The Morgan fingerprint density at radius 3 is 2.64 bits per heavy atom. The highest BCUT2D eigenvalue weighted by molar-refractivity contribution is 5.91. The largest absolute Gasteiger partial charge is 0.347 e. The molecule has 4 rings (SSSR count). The fourth-order valence-electron chi connectivity index (χ4n) is 3.65. The van der Waals surface area contributed by atoms with E-state index >= 15 is 0 Å². The predicted molar refractivity (Wildman–Crippen MR) is 99.0 cm³/mol. The summed E-state index contributed by atoms with van der Waals surface area (Å²) in [5, 5.41) is 7.78. The molecule has 0 aliphatic heterocycles. The molecule has 2 aliphatic rings. The minimum atomic E-state index is -0.0766. The number of carbonyl (C=O) groups excluding carboxylic acids is 1. The Morgan fingerprint density at radius 2 is 1.92 bits per heavy atom. The molecular formula is C21H25N3O. The predicted octanol–water partition coefficient (Wildman–Crippen LogP) is 4.21. The van der Waals surface area contributed by atoms with Gasteiger partial charge < -0.3 is 5.32 Å². The minimum absolute atomic E-state index is 0.0766. The van der Waals surface area contributed by atoms with Crippen LogP contribution in [0.5, 0.6) is 0 Å². The lowest BCUT2D eigenvalue weighted by molar-refractivity contribution is -0.116. The highest BCUT2D eigenvalue weighted by atomic mass is 16.1. The van der Waals surface area contributed by atoms with E-state index in [1.165, 1.54) is 44.2 Å². The molecule has 1 aromatic heterocycles. The monoisotopic (exact) mass is 335 g/mol. The molecular weight excluding hydrogens is 310 g/mol. The Kier molecular flexibility index (Phi) is 4.68. The Balaban J connectivity index is 1.38. The number of nitrogens with zero attached hydrogens (tertiary/aromatic N) is 2. The molecule has 4 nitrogen and oxygen atoms in total. The Morgan fingerprint density at radius 1 is 1.16 bits per heavy atom. The molecule has 0 radical (unpaired) electrons. The van der Waals surface area contributed by atoms with Crippen molar-refractivity contribution in [3.8, 4) is 0 Å². The summed E-state index contributed by atoms with van der Waals surface area (Å²) >= 11 is 0. The van der Waals surface area contributed by atoms with Gasteiger partial charge in [0.15, 0.2) is 0 Å². The third-order valence-corrected chi connectivity index (χ3v) is 5.15. The van der Waals surface area contributed by atoms with Gasteiger partial charge >= 0.3 is 0 Å². The van der Waals surface area contributed by atoms with E-state index in [1.54, 1.807) is 6.08 Å². The molecule has 2 aromatic rings. The van der Waals surface area contributed by atoms with Crippen LogP contribution in [0.1, 0.15) is 67.4 Å². The summed E-state index contributed by atoms with van der Waals surface area (Å²) in [5.74, 6) is 0.614. The molecule has 0 spiro atoms. The molecule has 2 saturated carbocycles. The number of hydrogen-bond donors (Lipinski definition) is 1. The van der Waals surface area contributed by atoms with Crippen LogP contribution in [-0.4, -0.2) is 15.7 Å². The zero-order valence-electron chi connectivity index (χ0n) is 14.5. The number of carbonyl (C=O) groups is 1. The van der Waals surface area contributed by atoms with Crippen molar-refractivity contribution in [3.05, 3.63) is 59.4 Å². The van der Waals surface area contributed by atoms with Gasteiger partial charge in [0.25, 0.3) is 0 Å². The summed E-state index contributed by atoms with van der Waals surface area (Å²) in [5.41, 5.74) is 3.39. The van der Waals surface area contributed by atoms with Gasteiger partial charge in [-0.25, -0.2) is 0 Å². The topological polar surface area (TPSA) is 46.9 Å². The molecule has 0 bridgehead atoms. The quantitative estimate of drug-likeness (QED) is 0.804. The van der Waals surface area contributed by atoms with Crippen LogP contribution in [0.3, 0.4) is 0 Å². The molecule has 4 heteroatoms. The average molecular weight is 335 g/mol. The number of benzene rings is 1. The van der Waals surface area contributed by atoms with Crippen molar-refractivity contribution < 1.29 is 4.79 Å². The summed E-state index contributed by atoms with van der Waals surface area (Å²) in [7, 11) is 0. The van der Waals surface area contributed by atoms with Crippen molar-refractivity contribution >= 4 is 12.0 Å². The summed E-state index contributed by atoms with van der Waals surface area (Å²) < 4.78 is 2.27. The number of hydrogen-bond acceptors (Lipinski definition) is 2. The molecule has 1 aromatic carbocycles. The van der Waals surface area contributed by atoms with E-state index in [2.05, 4.69) is 16.1 Å². The molecule has 130 valence electrons. The maximum Gasteiger partial charge on any atom is 0.244 e. The van der Waals surface area contributed by atoms with Crippen LogP contribution in [-0.2, 0) is 11.3 Å². The first-order valence-electron chi connectivity index (χ1n) is 9.39. The van der Waals surface area contributed by atoms with E-state index < -0.39 is 0 Å². The van der Waals surface area contributed by atoms with E-state index in [1.807, 2.05) is 36.4 Å². The third-order valence-electron chi connectivity index (χ3n) is 5.15. The Hall–Kier alpha value is -2.36. The van der Waals surface area contributed by atoms with E-state index in [4.69, 9.17) is 5.10 Å². The molecule has 1 N–H and O–H groups in total. The van der Waals surface area contributed by atoms with Crippen LogP contribution >= 0.6 is 0 Å². The van der Waals surface area contributed by atoms with E-state index in [-0.39, 0.29) is 5.91 Å². The Bertz CT molecular complexity index is 753. The summed E-state index contributed by atoms with van der Waals surface area (Å²) in [6, 6.07) is 12.6. The highest BCUT2D eigenvalue weighted by Gasteiger charge is 2.31. The van der Waals surface area contributed by atoms with Crippen LogP contribution in [0.15, 0.2) is 42.5 Å². The van der Waals surface area contributed by atoms with Gasteiger partial charge in [-0.2, -0.15) is 5.10 Å². The molecule has 2 fully saturated rings. The molecule has 0 atom stereocenters. The second kappa shape index (κ2) is 7.26. The first-order valence-corrected chi connectivity index (χ1v) is 9.39. The molecule has 0 saturated heterocycles. The third kappa shape index (κ3) is 4.01. The molecule has 25 heavy (non-hydrogen) atoms. The number of rotatable bonds is 6. The van der Waals surface area contributed by atoms with Crippen LogP contribution in [0.25, 0.3) is 6.08 Å². The van der Waals surface area contributed by atoms with E-state index in [0.29, 0.717) is 18.5 Å². The van der Waals surface area contributed by atoms with E-state index in [0.717, 1.165) is 11.3 Å². The van der Waals surface area contributed by atoms with Crippen molar-refractivity contribution in [1.82, 2.24) is 15.1 Å². The summed E-state index contributed by atoms with van der Waals surface area (Å²) in [6.07, 6.45) is 11.1. The van der Waals surface area contributed by atoms with Crippen LogP contribution < -0.4 is 5.32 Å². The van der Waals surface area contributed by atoms with E-state index in [9.17, 15) is 4.79 Å². The normalized spacial score (nSPS) is 18.1. The molecule has 2 aliphatic carbocycles. The highest BCUT2D eigenvalue weighted by Crippen LogP contribution is 2.43. The second-order valence-electron chi connectivity index (χ2n) is 7.18. The zero-order chi connectivity index (χ0) is 17.1. The lowest BCUT2D eigenvalue weighted by atomic mass is 10.2. The molecule has 1 amide bonds. The average Bonchev–Trinajstić information content (AvgIpc) is 3.18. The van der Waals surface area contributed by atoms with Gasteiger partial charge in [0, 0.05) is 17.7 Å². The van der Waals surface area contributed by atoms with Crippen molar-refractivity contribution in [1.29, 1.82) is 0 Å². The van der Waals surface area contributed by atoms with Gasteiger partial charge in [-0.05, 0) is 43.4 Å². The van der Waals surface area contributed by atoms with Crippen molar-refractivity contribution in [2.75, 3.05) is 0 Å². The standard InChI is InChI=1S/C21H25N3O/c25-21(13-10-16-6-2-1-3-7-16)22-15-18-14-20(17-11-12-17)24(23-18)19-8-4-5-9-19/h1-3,6-7,10,13-14,17,19H,4-5,8-9,11-12,15H2,(H,22,25). The maximum atomic E-state index is 12.1. The number of nitrogens with one attached hydrogen (secondary N) is 1. The first-order chi connectivity index (χ1) is 12.3. The van der Waals surface area contributed by atoms with Crippen LogP contribution in [0, 0.1) is 0 Å². The number of aromatic nitrogens is 2. The summed E-state index contributed by atoms with van der Waals surface area (Å²) in [4.78, 5) is 12.1. The van der Waals surface area contributed by atoms with Gasteiger partial charge in [0.2, 0.25) is 5.91 Å². The zero-order valence-corrected chi connectivity index (χ0v) is 14.5. The van der Waals surface area contributed by atoms with Gasteiger partial charge in [-0.3, -0.25) is 9.48 Å². The number of amides is 1. The van der Waals surface area contributed by atoms with Gasteiger partial charge in [-0.15, -0.1) is 0 Å². The smallest absolute Gasteiger partial charge is 0.244 e. The fraction of sp³-hybridized carbons (Fsp3) is 0.429. The molecule has 1 heterocycles. The van der Waals surface area contributed by atoms with Gasteiger partial charge in [0.1, 0.15) is 0 Å². The first kappa shape index (κ1) is 16.1. The van der Waals surface area contributed by atoms with Gasteiger partial charge in [0.05, 0.1) is 18.3 Å². The lowest BCUT2D eigenvalue weighted by Gasteiger charge is -2.13. The fourth-order valence-corrected chi connectivity index (χ4v) is 3.65. The van der Waals surface area contributed by atoms with Crippen molar-refractivity contribution in [2.45, 2.75) is 57.0 Å². The van der Waals surface area contributed by atoms with Crippen molar-refractivity contribution in [2.24, 2.45) is 0 Å². The Labute approximate surface area is 148 Å². The van der Waals surface area contributed by atoms with Gasteiger partial charge in [-0.1, -0.05) is 43.2 Å². The van der Waals surface area contributed by atoms with Crippen LogP contribution in [0.4, 0.5) is 0 Å². The molecule has 0 unspecified atom stereocenters. The van der Waals surface area contributed by atoms with Crippen LogP contribution in [0.2, 0.25) is 0 Å². The minimum Gasteiger partial charge on any atom is -0.347 e. The maximum absolute atomic E-state index is 12.1. The van der Waals surface area contributed by atoms with Crippen molar-refractivity contribution in [3.63, 3.8) is 0 Å². The summed E-state index contributed by atoms with van der Waals surface area (Å²) in [6.45, 7) is 0.497.